The van der Waals surface area contributed by atoms with Crippen molar-refractivity contribution in [2.24, 2.45) is 4.99 Å². The lowest BCUT2D eigenvalue weighted by molar-refractivity contribution is 0.0238. The average Bonchev–Trinajstić information content (AvgIpc) is 3.34. The molecule has 9 heteroatoms. The standard InChI is InChI=1S/C20H35N5O2S.HI/c1-6-16-14-24-17(28-16)10-11-22-18(21-7-2)23-12-13-25(15-8-9-15)19(26)27-20(3,4)5;/h14-15H,6-13H2,1-5H3,(H2,21,22,23);1H. The summed E-state index contributed by atoms with van der Waals surface area (Å²) in [5, 5.41) is 7.71. The number of hydrogen-bond donors (Lipinski definition) is 2. The maximum absolute atomic E-state index is 12.4. The summed E-state index contributed by atoms with van der Waals surface area (Å²) >= 11 is 1.76. The predicted octanol–water partition coefficient (Wildman–Crippen LogP) is 3.82. The van der Waals surface area contributed by atoms with Gasteiger partial charge in [0.2, 0.25) is 0 Å². The van der Waals surface area contributed by atoms with Crippen LogP contribution in [0.5, 0.6) is 0 Å². The molecule has 2 N–H and O–H groups in total. The molecule has 0 aliphatic heterocycles. The second-order valence-electron chi connectivity index (χ2n) is 7.92. The van der Waals surface area contributed by atoms with Gasteiger partial charge in [0.15, 0.2) is 5.96 Å². The van der Waals surface area contributed by atoms with Crippen LogP contribution in [0.2, 0.25) is 0 Å². The molecule has 1 aromatic rings. The first-order valence-electron chi connectivity index (χ1n) is 10.3. The first kappa shape index (κ1) is 25.9. The van der Waals surface area contributed by atoms with E-state index < -0.39 is 5.60 Å². The van der Waals surface area contributed by atoms with Crippen molar-refractivity contribution >= 4 is 47.4 Å². The maximum Gasteiger partial charge on any atom is 0.410 e. The number of nitrogens with zero attached hydrogens (tertiary/aromatic N) is 3. The van der Waals surface area contributed by atoms with Crippen LogP contribution < -0.4 is 10.6 Å². The zero-order chi connectivity index (χ0) is 20.6. The molecule has 29 heavy (non-hydrogen) atoms. The molecule has 0 aromatic carbocycles. The number of aryl methyl sites for hydroxylation is 1. The molecule has 1 aliphatic carbocycles. The third-order valence-corrected chi connectivity index (χ3v) is 5.35. The lowest BCUT2D eigenvalue weighted by Gasteiger charge is -2.27. The van der Waals surface area contributed by atoms with Gasteiger partial charge in [-0.15, -0.1) is 35.3 Å². The van der Waals surface area contributed by atoms with E-state index >= 15 is 0 Å². The number of ether oxygens (including phenoxy) is 1. The highest BCUT2D eigenvalue weighted by molar-refractivity contribution is 14.0. The van der Waals surface area contributed by atoms with Crippen molar-refractivity contribution in [3.05, 3.63) is 16.1 Å². The number of hydrogen-bond acceptors (Lipinski definition) is 5. The van der Waals surface area contributed by atoms with Gasteiger partial charge < -0.3 is 20.3 Å². The number of thiazole rings is 1. The molecule has 1 amide bonds. The van der Waals surface area contributed by atoms with Crippen LogP contribution in [-0.2, 0) is 17.6 Å². The molecule has 0 unspecified atom stereocenters. The number of amides is 1. The van der Waals surface area contributed by atoms with E-state index in [4.69, 9.17) is 4.74 Å². The van der Waals surface area contributed by atoms with Crippen LogP contribution in [0.4, 0.5) is 4.79 Å². The van der Waals surface area contributed by atoms with Gasteiger partial charge in [-0.1, -0.05) is 6.92 Å². The topological polar surface area (TPSA) is 78.9 Å². The Morgan fingerprint density at radius 1 is 1.34 bits per heavy atom. The molecule has 1 aromatic heterocycles. The van der Waals surface area contributed by atoms with Gasteiger partial charge in [0.05, 0.1) is 5.01 Å². The van der Waals surface area contributed by atoms with E-state index in [1.165, 1.54) is 4.88 Å². The lowest BCUT2D eigenvalue weighted by atomic mass is 10.2. The molecular formula is C20H36IN5O2S. The monoisotopic (exact) mass is 537 g/mol. The molecule has 0 atom stereocenters. The van der Waals surface area contributed by atoms with Crippen LogP contribution in [-0.4, -0.2) is 59.8 Å². The van der Waals surface area contributed by atoms with Crippen LogP contribution >= 0.6 is 35.3 Å². The smallest absolute Gasteiger partial charge is 0.410 e. The van der Waals surface area contributed by atoms with Crippen molar-refractivity contribution in [1.29, 1.82) is 0 Å². The predicted molar refractivity (Wildman–Crippen MR) is 131 cm³/mol. The summed E-state index contributed by atoms with van der Waals surface area (Å²) in [7, 11) is 0. The molecule has 0 bridgehead atoms. The first-order valence-corrected chi connectivity index (χ1v) is 11.1. The van der Waals surface area contributed by atoms with Crippen LogP contribution in [0, 0.1) is 0 Å². The number of halogens is 1. The summed E-state index contributed by atoms with van der Waals surface area (Å²) in [6.07, 6.45) is 5.71. The van der Waals surface area contributed by atoms with Crippen molar-refractivity contribution in [3.8, 4) is 0 Å². The highest BCUT2D eigenvalue weighted by Gasteiger charge is 2.34. The second-order valence-corrected chi connectivity index (χ2v) is 9.12. The van der Waals surface area contributed by atoms with Gasteiger partial charge in [-0.25, -0.2) is 9.78 Å². The Bertz CT molecular complexity index is 656. The molecule has 1 fully saturated rings. The number of aromatic nitrogens is 1. The third-order valence-electron chi connectivity index (χ3n) is 4.15. The SMILES string of the molecule is CCNC(=NCCc1ncc(CC)s1)NCCN(C(=O)OC(C)(C)C)C1CC1.I. The Morgan fingerprint density at radius 2 is 2.07 bits per heavy atom. The van der Waals surface area contributed by atoms with Gasteiger partial charge >= 0.3 is 6.09 Å². The minimum atomic E-state index is -0.471. The van der Waals surface area contributed by atoms with Gasteiger partial charge in [-0.2, -0.15) is 0 Å². The normalized spacial score (nSPS) is 14.2. The lowest BCUT2D eigenvalue weighted by Crippen LogP contribution is -2.45. The Balaban J connectivity index is 0.00000420. The highest BCUT2D eigenvalue weighted by Crippen LogP contribution is 2.28. The fourth-order valence-corrected chi connectivity index (χ4v) is 3.51. The van der Waals surface area contributed by atoms with Crippen LogP contribution in [0.25, 0.3) is 0 Å². The molecule has 1 aliphatic rings. The summed E-state index contributed by atoms with van der Waals surface area (Å²) in [4.78, 5) is 24.6. The van der Waals surface area contributed by atoms with Crippen LogP contribution in [0.3, 0.4) is 0 Å². The summed E-state index contributed by atoms with van der Waals surface area (Å²) in [5.74, 6) is 0.773. The number of guanidine groups is 1. The highest BCUT2D eigenvalue weighted by atomic mass is 127. The van der Waals surface area contributed by atoms with Gasteiger partial charge in [-0.3, -0.25) is 4.99 Å². The minimum absolute atomic E-state index is 0. The van der Waals surface area contributed by atoms with Crippen LogP contribution in [0.1, 0.15) is 57.3 Å². The van der Waals surface area contributed by atoms with Gasteiger partial charge in [0.25, 0.3) is 0 Å². The Hall–Kier alpha value is -1.10. The van der Waals surface area contributed by atoms with E-state index in [0.29, 0.717) is 25.7 Å². The number of carbonyl (C=O) groups is 1. The summed E-state index contributed by atoms with van der Waals surface area (Å²) in [6, 6.07) is 0.314. The van der Waals surface area contributed by atoms with E-state index in [-0.39, 0.29) is 30.1 Å². The maximum atomic E-state index is 12.4. The quantitative estimate of drug-likeness (QED) is 0.285. The first-order chi connectivity index (χ1) is 13.3. The van der Waals surface area contributed by atoms with Crippen LogP contribution in [0.15, 0.2) is 11.2 Å². The van der Waals surface area contributed by atoms with E-state index in [1.54, 1.807) is 11.3 Å². The van der Waals surface area contributed by atoms with E-state index in [1.807, 2.05) is 38.8 Å². The van der Waals surface area contributed by atoms with Crippen molar-refractivity contribution in [1.82, 2.24) is 20.5 Å². The molecule has 0 saturated heterocycles. The van der Waals surface area contributed by atoms with Gasteiger partial charge in [0.1, 0.15) is 5.60 Å². The molecule has 1 saturated carbocycles. The van der Waals surface area contributed by atoms with Crippen molar-refractivity contribution in [2.75, 3.05) is 26.2 Å². The summed E-state index contributed by atoms with van der Waals surface area (Å²) in [5.41, 5.74) is -0.471. The minimum Gasteiger partial charge on any atom is -0.444 e. The average molecular weight is 538 g/mol. The van der Waals surface area contributed by atoms with E-state index in [0.717, 1.165) is 43.2 Å². The zero-order valence-corrected chi connectivity index (χ0v) is 21.4. The molecule has 166 valence electrons. The Morgan fingerprint density at radius 3 is 2.62 bits per heavy atom. The fourth-order valence-electron chi connectivity index (χ4n) is 2.66. The fraction of sp³-hybridized carbons (Fsp3) is 0.750. The third kappa shape index (κ3) is 9.97. The molecule has 7 nitrogen and oxygen atoms in total. The van der Waals surface area contributed by atoms with Crippen molar-refractivity contribution in [2.45, 2.75) is 71.9 Å². The van der Waals surface area contributed by atoms with Crippen molar-refractivity contribution in [3.63, 3.8) is 0 Å². The molecule has 1 heterocycles. The van der Waals surface area contributed by atoms with Crippen molar-refractivity contribution < 1.29 is 9.53 Å². The number of carbonyl (C=O) groups excluding carboxylic acids is 1. The summed E-state index contributed by atoms with van der Waals surface area (Å²) < 4.78 is 5.54. The molecule has 0 radical (unpaired) electrons. The molecule has 2 rings (SSSR count). The molecular weight excluding hydrogens is 501 g/mol. The van der Waals surface area contributed by atoms with Gasteiger partial charge in [0, 0.05) is 49.7 Å². The van der Waals surface area contributed by atoms with E-state index in [2.05, 4.69) is 27.5 Å². The second kappa shape index (κ2) is 12.6. The Kier molecular flexibility index (Phi) is 11.2. The molecule has 0 spiro atoms. The largest absolute Gasteiger partial charge is 0.444 e. The number of aliphatic imine (C=N–C) groups is 1. The number of rotatable bonds is 9. The zero-order valence-electron chi connectivity index (χ0n) is 18.3. The van der Waals surface area contributed by atoms with Gasteiger partial charge in [-0.05, 0) is 47.0 Å². The Labute approximate surface area is 196 Å². The van der Waals surface area contributed by atoms with E-state index in [9.17, 15) is 4.79 Å². The summed E-state index contributed by atoms with van der Waals surface area (Å²) in [6.45, 7) is 12.6. The number of nitrogens with one attached hydrogen (secondary N) is 2.